The van der Waals surface area contributed by atoms with Crippen molar-refractivity contribution in [1.82, 2.24) is 0 Å². The number of benzene rings is 1. The topological polar surface area (TPSA) is 80.0 Å². The number of carbonyl (C=O) groups is 1. The zero-order chi connectivity index (χ0) is 16.0. The standard InChI is InChI=1S/C15H23NO5/c1-9(16)11(8-14(17)20-4)10-6-12(18-2)15(21-5)13(7-10)19-3/h6-7,9,11H,8,16H2,1-5H3. The summed E-state index contributed by atoms with van der Waals surface area (Å²) in [5.74, 6) is 1.05. The van der Waals surface area contributed by atoms with Crippen molar-refractivity contribution in [2.75, 3.05) is 28.4 Å². The van der Waals surface area contributed by atoms with Crippen LogP contribution in [-0.4, -0.2) is 40.5 Å². The number of hydrogen-bond donors (Lipinski definition) is 1. The minimum absolute atomic E-state index is 0.187. The summed E-state index contributed by atoms with van der Waals surface area (Å²) < 4.78 is 20.6. The molecule has 0 saturated carbocycles. The first-order valence-electron chi connectivity index (χ1n) is 6.60. The Morgan fingerprint density at radius 2 is 1.62 bits per heavy atom. The van der Waals surface area contributed by atoms with Gasteiger partial charge < -0.3 is 24.7 Å². The number of hydrogen-bond acceptors (Lipinski definition) is 6. The highest BCUT2D eigenvalue weighted by atomic mass is 16.5. The van der Waals surface area contributed by atoms with Gasteiger partial charge in [0.1, 0.15) is 0 Å². The van der Waals surface area contributed by atoms with E-state index in [-0.39, 0.29) is 24.3 Å². The molecule has 1 rings (SSSR count). The fourth-order valence-corrected chi connectivity index (χ4v) is 2.19. The molecule has 0 amide bonds. The Kier molecular flexibility index (Phi) is 6.30. The molecule has 6 nitrogen and oxygen atoms in total. The highest BCUT2D eigenvalue weighted by Gasteiger charge is 2.24. The highest BCUT2D eigenvalue weighted by molar-refractivity contribution is 5.71. The van der Waals surface area contributed by atoms with Gasteiger partial charge in [0.25, 0.3) is 0 Å². The molecule has 118 valence electrons. The lowest BCUT2D eigenvalue weighted by atomic mass is 9.89. The summed E-state index contributed by atoms with van der Waals surface area (Å²) in [4.78, 5) is 11.6. The SMILES string of the molecule is COC(=O)CC(c1cc(OC)c(OC)c(OC)c1)C(C)N. The molecule has 0 spiro atoms. The molecular weight excluding hydrogens is 274 g/mol. The minimum Gasteiger partial charge on any atom is -0.493 e. The Balaban J connectivity index is 3.28. The van der Waals surface area contributed by atoms with Crippen LogP contribution in [0.5, 0.6) is 17.2 Å². The number of esters is 1. The summed E-state index contributed by atoms with van der Waals surface area (Å²) in [7, 11) is 5.98. The van der Waals surface area contributed by atoms with Gasteiger partial charge in [-0.15, -0.1) is 0 Å². The summed E-state index contributed by atoms with van der Waals surface area (Å²) in [5.41, 5.74) is 6.84. The van der Waals surface area contributed by atoms with Crippen LogP contribution in [0.2, 0.25) is 0 Å². The van der Waals surface area contributed by atoms with Crippen LogP contribution in [0.3, 0.4) is 0 Å². The second-order valence-corrected chi connectivity index (χ2v) is 4.70. The molecule has 2 unspecified atom stereocenters. The van der Waals surface area contributed by atoms with Gasteiger partial charge >= 0.3 is 5.97 Å². The van der Waals surface area contributed by atoms with Crippen molar-refractivity contribution in [1.29, 1.82) is 0 Å². The van der Waals surface area contributed by atoms with Gasteiger partial charge in [0.15, 0.2) is 11.5 Å². The van der Waals surface area contributed by atoms with Crippen LogP contribution < -0.4 is 19.9 Å². The van der Waals surface area contributed by atoms with Crippen molar-refractivity contribution >= 4 is 5.97 Å². The minimum atomic E-state index is -0.314. The number of methoxy groups -OCH3 is 4. The molecule has 0 aliphatic heterocycles. The van der Waals surface area contributed by atoms with Crippen LogP contribution in [0, 0.1) is 0 Å². The first-order valence-corrected chi connectivity index (χ1v) is 6.60. The number of rotatable bonds is 7. The van der Waals surface area contributed by atoms with Gasteiger partial charge in [-0.3, -0.25) is 4.79 Å². The smallest absolute Gasteiger partial charge is 0.306 e. The van der Waals surface area contributed by atoms with Crippen LogP contribution in [0.15, 0.2) is 12.1 Å². The number of carbonyl (C=O) groups excluding carboxylic acids is 1. The van der Waals surface area contributed by atoms with Gasteiger partial charge in [-0.1, -0.05) is 0 Å². The van der Waals surface area contributed by atoms with Crippen LogP contribution in [-0.2, 0) is 9.53 Å². The predicted octanol–water partition coefficient (Wildman–Crippen LogP) is 1.71. The zero-order valence-electron chi connectivity index (χ0n) is 13.1. The molecule has 1 aromatic carbocycles. The maximum Gasteiger partial charge on any atom is 0.306 e. The van der Waals surface area contributed by atoms with E-state index in [1.165, 1.54) is 14.2 Å². The maximum atomic E-state index is 11.6. The summed E-state index contributed by atoms with van der Waals surface area (Å²) in [6, 6.07) is 3.38. The fourth-order valence-electron chi connectivity index (χ4n) is 2.19. The summed E-state index contributed by atoms with van der Waals surface area (Å²) >= 11 is 0. The van der Waals surface area contributed by atoms with E-state index in [1.54, 1.807) is 26.4 Å². The quantitative estimate of drug-likeness (QED) is 0.772. The van der Waals surface area contributed by atoms with Crippen LogP contribution >= 0.6 is 0 Å². The average Bonchev–Trinajstić information content (AvgIpc) is 2.50. The lowest BCUT2D eigenvalue weighted by Gasteiger charge is -2.22. The Morgan fingerprint density at radius 1 is 1.10 bits per heavy atom. The third-order valence-electron chi connectivity index (χ3n) is 3.36. The molecule has 0 saturated heterocycles. The Labute approximate surface area is 125 Å². The summed E-state index contributed by atoms with van der Waals surface area (Å²) in [6.07, 6.45) is 0.187. The molecule has 0 radical (unpaired) electrons. The van der Waals surface area contributed by atoms with E-state index in [0.29, 0.717) is 17.2 Å². The van der Waals surface area contributed by atoms with Gasteiger partial charge in [0.05, 0.1) is 34.9 Å². The van der Waals surface area contributed by atoms with E-state index in [2.05, 4.69) is 0 Å². The first-order chi connectivity index (χ1) is 9.98. The van der Waals surface area contributed by atoms with Gasteiger partial charge in [-0.2, -0.15) is 0 Å². The van der Waals surface area contributed by atoms with Crippen molar-refractivity contribution in [3.63, 3.8) is 0 Å². The maximum absolute atomic E-state index is 11.6. The molecule has 2 atom stereocenters. The fraction of sp³-hybridized carbons (Fsp3) is 0.533. The molecule has 6 heteroatoms. The molecule has 2 N–H and O–H groups in total. The lowest BCUT2D eigenvalue weighted by molar-refractivity contribution is -0.141. The van der Waals surface area contributed by atoms with Gasteiger partial charge in [0, 0.05) is 12.0 Å². The highest BCUT2D eigenvalue weighted by Crippen LogP contribution is 2.41. The first kappa shape index (κ1) is 17.1. The Bertz CT molecular complexity index is 462. The summed E-state index contributed by atoms with van der Waals surface area (Å²) in [6.45, 7) is 1.84. The van der Waals surface area contributed by atoms with E-state index in [4.69, 9.17) is 24.7 Å². The van der Waals surface area contributed by atoms with E-state index < -0.39 is 0 Å². The van der Waals surface area contributed by atoms with Gasteiger partial charge in [0.2, 0.25) is 5.75 Å². The largest absolute Gasteiger partial charge is 0.493 e. The molecule has 1 aromatic rings. The molecule has 0 bridgehead atoms. The molecular formula is C15H23NO5. The van der Waals surface area contributed by atoms with Crippen molar-refractivity contribution < 1.29 is 23.7 Å². The van der Waals surface area contributed by atoms with Crippen molar-refractivity contribution in [3.8, 4) is 17.2 Å². The third-order valence-corrected chi connectivity index (χ3v) is 3.36. The second kappa shape index (κ2) is 7.73. The Morgan fingerprint density at radius 3 is 1.95 bits per heavy atom. The lowest BCUT2D eigenvalue weighted by Crippen LogP contribution is -2.27. The van der Waals surface area contributed by atoms with E-state index >= 15 is 0 Å². The molecule has 0 aromatic heterocycles. The third kappa shape index (κ3) is 4.01. The van der Waals surface area contributed by atoms with Gasteiger partial charge in [-0.05, 0) is 24.6 Å². The van der Waals surface area contributed by atoms with Crippen LogP contribution in [0.4, 0.5) is 0 Å². The predicted molar refractivity (Wildman–Crippen MR) is 79.1 cm³/mol. The van der Waals surface area contributed by atoms with Gasteiger partial charge in [-0.25, -0.2) is 0 Å². The zero-order valence-corrected chi connectivity index (χ0v) is 13.1. The van der Waals surface area contributed by atoms with E-state index in [1.807, 2.05) is 6.92 Å². The number of ether oxygens (including phenoxy) is 4. The van der Waals surface area contributed by atoms with Crippen molar-refractivity contribution in [2.24, 2.45) is 5.73 Å². The monoisotopic (exact) mass is 297 g/mol. The second-order valence-electron chi connectivity index (χ2n) is 4.70. The normalized spacial score (nSPS) is 13.2. The molecule has 0 fully saturated rings. The average molecular weight is 297 g/mol. The van der Waals surface area contributed by atoms with Crippen molar-refractivity contribution in [2.45, 2.75) is 25.3 Å². The van der Waals surface area contributed by atoms with Crippen LogP contribution in [0.25, 0.3) is 0 Å². The number of nitrogens with two attached hydrogens (primary N) is 1. The van der Waals surface area contributed by atoms with Crippen molar-refractivity contribution in [3.05, 3.63) is 17.7 Å². The van der Waals surface area contributed by atoms with E-state index in [0.717, 1.165) is 5.56 Å². The molecule has 0 aliphatic carbocycles. The summed E-state index contributed by atoms with van der Waals surface area (Å²) in [5, 5.41) is 0. The van der Waals surface area contributed by atoms with Crippen LogP contribution in [0.1, 0.15) is 24.8 Å². The molecule has 21 heavy (non-hydrogen) atoms. The van der Waals surface area contributed by atoms with E-state index in [9.17, 15) is 4.79 Å². The molecule has 0 heterocycles. The Hall–Kier alpha value is -1.95. The molecule has 0 aliphatic rings.